The van der Waals surface area contributed by atoms with Crippen LogP contribution in [0.5, 0.6) is 5.75 Å². The summed E-state index contributed by atoms with van der Waals surface area (Å²) in [5.41, 5.74) is -0.768. The maximum atomic E-state index is 11.9. The van der Waals surface area contributed by atoms with E-state index in [-0.39, 0.29) is 5.91 Å². The number of amides is 1. The molecule has 5 heteroatoms. The zero-order chi connectivity index (χ0) is 14.0. The number of rotatable bonds is 3. The SMILES string of the molecule is COc1ccccc1C1(C(=O)O)CCCN1C(C)=O. The molecule has 1 atom stereocenters. The second-order valence-electron chi connectivity index (χ2n) is 4.64. The highest BCUT2D eigenvalue weighted by atomic mass is 16.5. The van der Waals surface area contributed by atoms with Gasteiger partial charge in [0.1, 0.15) is 5.75 Å². The summed E-state index contributed by atoms with van der Waals surface area (Å²) in [6, 6.07) is 6.98. The number of hydrogen-bond donors (Lipinski definition) is 1. The molecular weight excluding hydrogens is 246 g/mol. The number of likely N-dealkylation sites (tertiary alicyclic amines) is 1. The van der Waals surface area contributed by atoms with Gasteiger partial charge in [0.2, 0.25) is 5.91 Å². The van der Waals surface area contributed by atoms with Gasteiger partial charge < -0.3 is 14.7 Å². The Balaban J connectivity index is 2.63. The summed E-state index contributed by atoms with van der Waals surface area (Å²) in [6.45, 7) is 1.86. The Morgan fingerprint density at radius 3 is 2.63 bits per heavy atom. The highest BCUT2D eigenvalue weighted by Crippen LogP contribution is 2.43. The molecule has 0 aliphatic carbocycles. The standard InChI is InChI=1S/C14H17NO4/c1-10(16)15-9-5-8-14(15,13(17)18)11-6-3-4-7-12(11)19-2/h3-4,6-7H,5,8-9H2,1-2H3,(H,17,18). The number of benzene rings is 1. The van der Waals surface area contributed by atoms with Crippen LogP contribution < -0.4 is 4.74 Å². The van der Waals surface area contributed by atoms with E-state index < -0.39 is 11.5 Å². The van der Waals surface area contributed by atoms with Gasteiger partial charge in [-0.05, 0) is 18.9 Å². The number of hydrogen-bond acceptors (Lipinski definition) is 3. The number of ether oxygens (including phenoxy) is 1. The van der Waals surface area contributed by atoms with Crippen LogP contribution in [-0.2, 0) is 15.1 Å². The summed E-state index contributed by atoms with van der Waals surface area (Å²) in [5.74, 6) is -0.742. The number of carboxylic acid groups (broad SMARTS) is 1. The predicted octanol–water partition coefficient (Wildman–Crippen LogP) is 1.62. The Kier molecular flexibility index (Phi) is 3.46. The summed E-state index contributed by atoms with van der Waals surface area (Å²) in [6.07, 6.45) is 1.08. The van der Waals surface area contributed by atoms with Crippen LogP contribution in [0.3, 0.4) is 0 Å². The fourth-order valence-corrected chi connectivity index (χ4v) is 2.85. The lowest BCUT2D eigenvalue weighted by Gasteiger charge is -2.35. The van der Waals surface area contributed by atoms with Crippen LogP contribution in [0.25, 0.3) is 0 Å². The third-order valence-corrected chi connectivity index (χ3v) is 3.67. The summed E-state index contributed by atoms with van der Waals surface area (Å²) in [4.78, 5) is 25.0. The number of para-hydroxylation sites is 1. The minimum absolute atomic E-state index is 0.231. The van der Waals surface area contributed by atoms with Crippen LogP contribution in [0.4, 0.5) is 0 Å². The van der Waals surface area contributed by atoms with Crippen molar-refractivity contribution < 1.29 is 19.4 Å². The molecule has 0 spiro atoms. The molecule has 2 rings (SSSR count). The van der Waals surface area contributed by atoms with E-state index in [4.69, 9.17) is 4.74 Å². The van der Waals surface area contributed by atoms with Gasteiger partial charge in [0, 0.05) is 19.0 Å². The van der Waals surface area contributed by atoms with Crippen molar-refractivity contribution in [2.45, 2.75) is 25.3 Å². The average Bonchev–Trinajstić information content (AvgIpc) is 2.84. The molecule has 1 amide bonds. The highest BCUT2D eigenvalue weighted by molar-refractivity contribution is 5.88. The van der Waals surface area contributed by atoms with Gasteiger partial charge in [0.15, 0.2) is 5.54 Å². The molecule has 1 heterocycles. The quantitative estimate of drug-likeness (QED) is 0.899. The van der Waals surface area contributed by atoms with Gasteiger partial charge >= 0.3 is 5.97 Å². The number of nitrogens with zero attached hydrogens (tertiary/aromatic N) is 1. The highest BCUT2D eigenvalue weighted by Gasteiger charge is 2.51. The molecule has 1 fully saturated rings. The molecule has 1 saturated heterocycles. The molecule has 1 aromatic carbocycles. The number of aliphatic carboxylic acids is 1. The van der Waals surface area contributed by atoms with Crippen LogP contribution in [0, 0.1) is 0 Å². The fraction of sp³-hybridized carbons (Fsp3) is 0.429. The van der Waals surface area contributed by atoms with Crippen molar-refractivity contribution in [2.75, 3.05) is 13.7 Å². The van der Waals surface area contributed by atoms with E-state index in [1.807, 2.05) is 0 Å². The van der Waals surface area contributed by atoms with E-state index in [0.717, 1.165) is 0 Å². The lowest BCUT2D eigenvalue weighted by Crippen LogP contribution is -2.50. The molecule has 0 aromatic heterocycles. The number of carbonyl (C=O) groups excluding carboxylic acids is 1. The monoisotopic (exact) mass is 263 g/mol. The lowest BCUT2D eigenvalue weighted by molar-refractivity contribution is -0.156. The van der Waals surface area contributed by atoms with E-state index in [2.05, 4.69) is 0 Å². The smallest absolute Gasteiger partial charge is 0.334 e. The number of carbonyl (C=O) groups is 2. The topological polar surface area (TPSA) is 66.8 Å². The maximum Gasteiger partial charge on any atom is 0.334 e. The first kappa shape index (κ1) is 13.4. The fourth-order valence-electron chi connectivity index (χ4n) is 2.85. The Morgan fingerprint density at radius 1 is 1.37 bits per heavy atom. The largest absolute Gasteiger partial charge is 0.496 e. The minimum Gasteiger partial charge on any atom is -0.496 e. The maximum absolute atomic E-state index is 11.9. The second-order valence-corrected chi connectivity index (χ2v) is 4.64. The van der Waals surface area contributed by atoms with Crippen LogP contribution in [-0.4, -0.2) is 35.5 Å². The van der Waals surface area contributed by atoms with Crippen LogP contribution in [0.2, 0.25) is 0 Å². The van der Waals surface area contributed by atoms with Crippen LogP contribution in [0.1, 0.15) is 25.3 Å². The Labute approximate surface area is 111 Å². The van der Waals surface area contributed by atoms with Gasteiger partial charge in [0.05, 0.1) is 7.11 Å². The first-order valence-corrected chi connectivity index (χ1v) is 6.19. The van der Waals surface area contributed by atoms with E-state index >= 15 is 0 Å². The summed E-state index contributed by atoms with van der Waals surface area (Å²) in [5, 5.41) is 9.71. The molecule has 5 nitrogen and oxygen atoms in total. The zero-order valence-corrected chi connectivity index (χ0v) is 11.0. The molecule has 1 N–H and O–H groups in total. The number of carboxylic acids is 1. The molecule has 1 aliphatic heterocycles. The first-order valence-electron chi connectivity index (χ1n) is 6.19. The number of methoxy groups -OCH3 is 1. The van der Waals surface area contributed by atoms with Gasteiger partial charge in [-0.2, -0.15) is 0 Å². The van der Waals surface area contributed by atoms with Crippen molar-refractivity contribution in [1.82, 2.24) is 4.90 Å². The van der Waals surface area contributed by atoms with Gasteiger partial charge in [-0.3, -0.25) is 4.79 Å². The normalized spacial score (nSPS) is 22.3. The molecule has 0 radical (unpaired) electrons. The summed E-state index contributed by atoms with van der Waals surface area (Å²) in [7, 11) is 1.50. The van der Waals surface area contributed by atoms with Crippen molar-refractivity contribution in [1.29, 1.82) is 0 Å². The van der Waals surface area contributed by atoms with Gasteiger partial charge in [-0.25, -0.2) is 4.79 Å². The molecule has 1 aliphatic rings. The molecule has 0 saturated carbocycles. The third-order valence-electron chi connectivity index (χ3n) is 3.67. The Hall–Kier alpha value is -2.04. The van der Waals surface area contributed by atoms with Gasteiger partial charge in [-0.1, -0.05) is 18.2 Å². The van der Waals surface area contributed by atoms with Crippen molar-refractivity contribution in [3.05, 3.63) is 29.8 Å². The predicted molar refractivity (Wildman–Crippen MR) is 68.9 cm³/mol. The van der Waals surface area contributed by atoms with Crippen molar-refractivity contribution in [3.63, 3.8) is 0 Å². The zero-order valence-electron chi connectivity index (χ0n) is 11.0. The first-order chi connectivity index (χ1) is 9.04. The van der Waals surface area contributed by atoms with Crippen molar-refractivity contribution >= 4 is 11.9 Å². The van der Waals surface area contributed by atoms with Crippen molar-refractivity contribution in [3.8, 4) is 5.75 Å². The van der Waals surface area contributed by atoms with Crippen LogP contribution in [0.15, 0.2) is 24.3 Å². The second kappa shape index (κ2) is 4.91. The molecule has 19 heavy (non-hydrogen) atoms. The van der Waals surface area contributed by atoms with E-state index in [1.54, 1.807) is 24.3 Å². The minimum atomic E-state index is -1.31. The summed E-state index contributed by atoms with van der Waals surface area (Å²) >= 11 is 0. The average molecular weight is 263 g/mol. The van der Waals surface area contributed by atoms with Crippen LogP contribution >= 0.6 is 0 Å². The molecule has 1 unspecified atom stereocenters. The third kappa shape index (κ3) is 1.95. The Bertz CT molecular complexity index is 514. The lowest BCUT2D eigenvalue weighted by atomic mass is 9.86. The van der Waals surface area contributed by atoms with Gasteiger partial charge in [0.25, 0.3) is 0 Å². The van der Waals surface area contributed by atoms with E-state index in [1.165, 1.54) is 18.9 Å². The van der Waals surface area contributed by atoms with E-state index in [0.29, 0.717) is 30.7 Å². The molecule has 1 aromatic rings. The van der Waals surface area contributed by atoms with Gasteiger partial charge in [-0.15, -0.1) is 0 Å². The molecular formula is C14H17NO4. The molecule has 102 valence electrons. The Morgan fingerprint density at radius 2 is 2.05 bits per heavy atom. The van der Waals surface area contributed by atoms with E-state index in [9.17, 15) is 14.7 Å². The summed E-state index contributed by atoms with van der Waals surface area (Å²) < 4.78 is 5.26. The van der Waals surface area contributed by atoms with Crippen molar-refractivity contribution in [2.24, 2.45) is 0 Å². The molecule has 0 bridgehead atoms.